The van der Waals surface area contributed by atoms with Crippen molar-refractivity contribution in [3.05, 3.63) is 11.6 Å². The van der Waals surface area contributed by atoms with Crippen molar-refractivity contribution in [3.63, 3.8) is 0 Å². The number of ether oxygens (including phenoxy) is 1. The third-order valence-electron chi connectivity index (χ3n) is 6.92. The molecule has 2 fully saturated rings. The molecule has 0 saturated heterocycles. The molecule has 24 heavy (non-hydrogen) atoms. The van der Waals surface area contributed by atoms with Crippen LogP contribution >= 0.6 is 0 Å². The quantitative estimate of drug-likeness (QED) is 0.806. The molecule has 6 atom stereocenters. The number of carbonyl (C=O) groups excluding carboxylic acids is 2. The van der Waals surface area contributed by atoms with E-state index in [1.807, 2.05) is 27.7 Å². The molecule has 0 aromatic rings. The van der Waals surface area contributed by atoms with E-state index >= 15 is 0 Å². The van der Waals surface area contributed by atoms with Gasteiger partial charge in [-0.25, -0.2) is 0 Å². The Morgan fingerprint density at radius 1 is 1.33 bits per heavy atom. The fraction of sp³-hybridized carbons (Fsp3) is 0.800. The van der Waals surface area contributed by atoms with Crippen molar-refractivity contribution in [1.82, 2.24) is 0 Å². The smallest absolute Gasteiger partial charge is 0.306 e. The maximum absolute atomic E-state index is 12.6. The van der Waals surface area contributed by atoms with Gasteiger partial charge in [0, 0.05) is 29.6 Å². The molecular weight excluding hydrogens is 304 g/mol. The summed E-state index contributed by atoms with van der Waals surface area (Å²) >= 11 is 0. The van der Waals surface area contributed by atoms with Crippen LogP contribution in [0.25, 0.3) is 0 Å². The van der Waals surface area contributed by atoms with Crippen LogP contribution in [0.4, 0.5) is 0 Å². The molecule has 4 heteroatoms. The molecule has 0 heterocycles. The summed E-state index contributed by atoms with van der Waals surface area (Å²) in [5.41, 5.74) is 0.317. The van der Waals surface area contributed by atoms with E-state index in [2.05, 4.69) is 13.8 Å². The standard InChI is InChI=1S/C20H30O4/c1-10(2)7-15(23)24-14-9-13(22)20(6)16-11(3)8-12(21)17(20)18(16)19(14,4)5/h8,10,13-14,16-18,22H,7,9H2,1-6H3/t13-,14-,16+,17-,18+,20-/m1/s1. The van der Waals surface area contributed by atoms with E-state index in [1.165, 1.54) is 0 Å². The Hall–Kier alpha value is -1.16. The monoisotopic (exact) mass is 334 g/mol. The summed E-state index contributed by atoms with van der Waals surface area (Å²) in [5, 5.41) is 10.9. The number of esters is 1. The number of allylic oxidation sites excluding steroid dienone is 2. The molecule has 134 valence electrons. The Balaban J connectivity index is 1.94. The van der Waals surface area contributed by atoms with Crippen molar-refractivity contribution in [2.75, 3.05) is 0 Å². The van der Waals surface area contributed by atoms with Crippen LogP contribution in [0, 0.1) is 34.5 Å². The zero-order chi connectivity index (χ0) is 18.0. The van der Waals surface area contributed by atoms with Gasteiger partial charge in [0.15, 0.2) is 5.78 Å². The summed E-state index contributed by atoms with van der Waals surface area (Å²) < 4.78 is 5.82. The van der Waals surface area contributed by atoms with Crippen molar-refractivity contribution in [2.24, 2.45) is 34.5 Å². The average molecular weight is 334 g/mol. The van der Waals surface area contributed by atoms with Gasteiger partial charge in [-0.2, -0.15) is 0 Å². The topological polar surface area (TPSA) is 63.6 Å². The highest BCUT2D eigenvalue weighted by molar-refractivity contribution is 5.96. The molecule has 4 bridgehead atoms. The zero-order valence-corrected chi connectivity index (χ0v) is 15.6. The first kappa shape index (κ1) is 17.7. The van der Waals surface area contributed by atoms with E-state index in [4.69, 9.17) is 4.74 Å². The third kappa shape index (κ3) is 2.22. The maximum atomic E-state index is 12.6. The first-order valence-electron chi connectivity index (χ1n) is 9.10. The lowest BCUT2D eigenvalue weighted by molar-refractivity contribution is -0.193. The molecule has 4 aliphatic carbocycles. The van der Waals surface area contributed by atoms with Crippen LogP contribution in [0.5, 0.6) is 0 Å². The Morgan fingerprint density at radius 3 is 2.50 bits per heavy atom. The number of hydrogen-bond acceptors (Lipinski definition) is 4. The highest BCUT2D eigenvalue weighted by atomic mass is 16.5. The van der Waals surface area contributed by atoms with Crippen LogP contribution in [-0.2, 0) is 14.3 Å². The molecular formula is C20H30O4. The van der Waals surface area contributed by atoms with Gasteiger partial charge >= 0.3 is 5.97 Å². The van der Waals surface area contributed by atoms with Gasteiger partial charge in [-0.05, 0) is 30.8 Å². The predicted molar refractivity (Wildman–Crippen MR) is 91.1 cm³/mol. The van der Waals surface area contributed by atoms with Crippen LogP contribution in [0.3, 0.4) is 0 Å². The first-order chi connectivity index (χ1) is 11.0. The van der Waals surface area contributed by atoms with Crippen LogP contribution in [0.2, 0.25) is 0 Å². The van der Waals surface area contributed by atoms with Crippen LogP contribution < -0.4 is 0 Å². The summed E-state index contributed by atoms with van der Waals surface area (Å²) in [6.07, 6.45) is 1.57. The van der Waals surface area contributed by atoms with Crippen LogP contribution in [0.1, 0.15) is 54.4 Å². The zero-order valence-electron chi connectivity index (χ0n) is 15.6. The molecule has 0 unspecified atom stereocenters. The molecule has 0 aliphatic heterocycles. The second-order valence-corrected chi connectivity index (χ2v) is 9.29. The van der Waals surface area contributed by atoms with Gasteiger partial charge in [-0.15, -0.1) is 0 Å². The first-order valence-corrected chi connectivity index (χ1v) is 9.10. The Kier molecular flexibility index (Phi) is 3.99. The molecule has 0 amide bonds. The molecule has 0 aromatic heterocycles. The molecule has 4 aliphatic rings. The van der Waals surface area contributed by atoms with Gasteiger partial charge in [-0.1, -0.05) is 40.2 Å². The average Bonchev–Trinajstić information content (AvgIpc) is 2.50. The lowest BCUT2D eigenvalue weighted by Crippen LogP contribution is -2.67. The highest BCUT2D eigenvalue weighted by Crippen LogP contribution is 2.71. The van der Waals surface area contributed by atoms with E-state index in [0.717, 1.165) is 5.57 Å². The van der Waals surface area contributed by atoms with Gasteiger partial charge < -0.3 is 9.84 Å². The summed E-state index contributed by atoms with van der Waals surface area (Å²) in [6.45, 7) is 12.2. The molecule has 0 aromatic carbocycles. The normalized spacial score (nSPS) is 42.9. The third-order valence-corrected chi connectivity index (χ3v) is 6.92. The Labute approximate surface area is 144 Å². The molecule has 4 rings (SSSR count). The molecule has 0 radical (unpaired) electrons. The SMILES string of the molecule is CC1=CC(=O)[C@@H]2[C@@H]3[C@H]1[C@@]2(C)[C@H](O)C[C@@H](OC(=O)CC(C)C)C3(C)C. The second-order valence-electron chi connectivity index (χ2n) is 9.29. The summed E-state index contributed by atoms with van der Waals surface area (Å²) in [7, 11) is 0. The number of carbonyl (C=O) groups is 2. The van der Waals surface area contributed by atoms with Gasteiger partial charge in [0.1, 0.15) is 6.10 Å². The predicted octanol–water partition coefficient (Wildman–Crippen LogP) is 3.13. The lowest BCUT2D eigenvalue weighted by Gasteiger charge is -2.65. The van der Waals surface area contributed by atoms with Gasteiger partial charge in [-0.3, -0.25) is 9.59 Å². The summed E-state index contributed by atoms with van der Waals surface area (Å²) in [6, 6.07) is 0. The number of fused-ring (bicyclic) bond motifs is 1. The number of ketones is 1. The van der Waals surface area contributed by atoms with Crippen molar-refractivity contribution < 1.29 is 19.4 Å². The van der Waals surface area contributed by atoms with Crippen LogP contribution in [-0.4, -0.2) is 29.1 Å². The van der Waals surface area contributed by atoms with Crippen molar-refractivity contribution >= 4 is 11.8 Å². The number of hydrogen-bond donors (Lipinski definition) is 1. The second kappa shape index (κ2) is 5.42. The van der Waals surface area contributed by atoms with Crippen molar-refractivity contribution in [3.8, 4) is 0 Å². The molecule has 0 spiro atoms. The van der Waals surface area contributed by atoms with Gasteiger partial charge in [0.25, 0.3) is 0 Å². The van der Waals surface area contributed by atoms with Gasteiger partial charge in [0.2, 0.25) is 0 Å². The van der Waals surface area contributed by atoms with Crippen molar-refractivity contribution in [2.45, 2.75) is 66.6 Å². The molecule has 2 saturated carbocycles. The lowest BCUT2D eigenvalue weighted by atomic mass is 9.37. The summed E-state index contributed by atoms with van der Waals surface area (Å²) in [5.74, 6) is 0.332. The Morgan fingerprint density at radius 2 is 1.96 bits per heavy atom. The van der Waals surface area contributed by atoms with Gasteiger partial charge in [0.05, 0.1) is 6.10 Å². The van der Waals surface area contributed by atoms with E-state index in [-0.39, 0.29) is 46.9 Å². The molecule has 1 N–H and O–H groups in total. The molecule has 4 nitrogen and oxygen atoms in total. The number of aliphatic hydroxyl groups is 1. The van der Waals surface area contributed by atoms with E-state index in [9.17, 15) is 14.7 Å². The minimum absolute atomic E-state index is 0.129. The fourth-order valence-electron chi connectivity index (χ4n) is 5.69. The van der Waals surface area contributed by atoms with E-state index < -0.39 is 11.5 Å². The number of rotatable bonds is 3. The largest absolute Gasteiger partial charge is 0.462 e. The highest BCUT2D eigenvalue weighted by Gasteiger charge is 2.73. The van der Waals surface area contributed by atoms with E-state index in [0.29, 0.717) is 12.8 Å². The minimum atomic E-state index is -0.630. The number of aliphatic hydroxyl groups excluding tert-OH is 1. The fourth-order valence-corrected chi connectivity index (χ4v) is 5.69. The Bertz CT molecular complexity index is 603. The minimum Gasteiger partial charge on any atom is -0.462 e. The summed E-state index contributed by atoms with van der Waals surface area (Å²) in [4.78, 5) is 24.8. The van der Waals surface area contributed by atoms with Crippen LogP contribution in [0.15, 0.2) is 11.6 Å². The van der Waals surface area contributed by atoms with E-state index in [1.54, 1.807) is 6.08 Å². The van der Waals surface area contributed by atoms with Crippen molar-refractivity contribution in [1.29, 1.82) is 0 Å². The maximum Gasteiger partial charge on any atom is 0.306 e.